The van der Waals surface area contributed by atoms with Crippen LogP contribution in [0.3, 0.4) is 0 Å². The number of carbonyl (C=O) groups excluding carboxylic acids is 3. The lowest BCUT2D eigenvalue weighted by atomic mass is 9.74. The Morgan fingerprint density at radius 1 is 1.31 bits per heavy atom. The number of rotatable bonds is 5. The molecule has 2 unspecified atom stereocenters. The summed E-state index contributed by atoms with van der Waals surface area (Å²) < 4.78 is 22.8. The molecule has 32 heavy (non-hydrogen) atoms. The molecule has 2 saturated heterocycles. The van der Waals surface area contributed by atoms with Crippen molar-refractivity contribution >= 4 is 29.5 Å². The minimum atomic E-state index is -1.61. The van der Waals surface area contributed by atoms with Crippen molar-refractivity contribution in [3.63, 3.8) is 0 Å². The zero-order valence-electron chi connectivity index (χ0n) is 18.1. The Morgan fingerprint density at radius 3 is 2.59 bits per heavy atom. The Kier molecular flexibility index (Phi) is 5.68. The molecular weight excluding hydrogens is 444 g/mol. The fourth-order valence-corrected chi connectivity index (χ4v) is 6.10. The average Bonchev–Trinajstić information content (AvgIpc) is 3.26. The van der Waals surface area contributed by atoms with E-state index in [2.05, 4.69) is 6.58 Å². The largest absolute Gasteiger partial charge is 0.459 e. The first-order chi connectivity index (χ1) is 15.0. The van der Waals surface area contributed by atoms with Crippen molar-refractivity contribution in [1.29, 1.82) is 0 Å². The molecule has 4 aliphatic rings. The lowest BCUT2D eigenvalue weighted by Gasteiger charge is -2.40. The summed E-state index contributed by atoms with van der Waals surface area (Å²) in [6.07, 6.45) is -1.89. The number of esters is 3. The predicted molar refractivity (Wildman–Crippen MR) is 109 cm³/mol. The quantitative estimate of drug-likeness (QED) is 0.195. The van der Waals surface area contributed by atoms with Gasteiger partial charge in [-0.1, -0.05) is 6.58 Å². The molecule has 0 spiro atoms. The second kappa shape index (κ2) is 7.83. The first-order valence-electron chi connectivity index (χ1n) is 10.5. The number of alkyl halides is 1. The van der Waals surface area contributed by atoms with Crippen LogP contribution in [0.4, 0.5) is 0 Å². The number of aliphatic hydroxyl groups is 2. The molecule has 10 heteroatoms. The Labute approximate surface area is 190 Å². The molecule has 4 rings (SSSR count). The summed E-state index contributed by atoms with van der Waals surface area (Å²) in [4.78, 5) is 36.9. The third-order valence-corrected chi connectivity index (χ3v) is 7.76. The lowest BCUT2D eigenvalue weighted by Crippen LogP contribution is -2.52. The Bertz CT molecular complexity index is 900. The van der Waals surface area contributed by atoms with Crippen molar-refractivity contribution in [1.82, 2.24) is 0 Å². The van der Waals surface area contributed by atoms with E-state index >= 15 is 0 Å². The van der Waals surface area contributed by atoms with Gasteiger partial charge in [-0.05, 0) is 19.9 Å². The topological polar surface area (TPSA) is 132 Å². The van der Waals surface area contributed by atoms with Crippen LogP contribution in [0.2, 0.25) is 0 Å². The van der Waals surface area contributed by atoms with Crippen LogP contribution >= 0.6 is 11.6 Å². The minimum absolute atomic E-state index is 0.118. The van der Waals surface area contributed by atoms with Crippen molar-refractivity contribution in [3.8, 4) is 0 Å². The maximum atomic E-state index is 12.6. The zero-order chi connectivity index (χ0) is 23.6. The molecule has 2 N–H and O–H groups in total. The van der Waals surface area contributed by atoms with Crippen LogP contribution in [0.5, 0.6) is 0 Å². The van der Waals surface area contributed by atoms with Crippen molar-refractivity contribution in [2.45, 2.75) is 62.8 Å². The molecule has 0 bridgehead atoms. The van der Waals surface area contributed by atoms with Gasteiger partial charge in [0.1, 0.15) is 30.0 Å². The first-order valence-corrected chi connectivity index (χ1v) is 11.0. The van der Waals surface area contributed by atoms with E-state index in [1.165, 1.54) is 19.9 Å². The average molecular weight is 471 g/mol. The van der Waals surface area contributed by atoms with Gasteiger partial charge in [-0.2, -0.15) is 0 Å². The van der Waals surface area contributed by atoms with Gasteiger partial charge >= 0.3 is 17.9 Å². The van der Waals surface area contributed by atoms with E-state index in [4.69, 9.17) is 35.7 Å². The second-order valence-corrected chi connectivity index (χ2v) is 9.49. The van der Waals surface area contributed by atoms with E-state index < -0.39 is 71.3 Å². The number of epoxide rings is 1. The Hall–Kier alpha value is -1.94. The summed E-state index contributed by atoms with van der Waals surface area (Å²) in [5.41, 5.74) is -2.12. The van der Waals surface area contributed by atoms with E-state index in [1.807, 2.05) is 6.92 Å². The van der Waals surface area contributed by atoms with Gasteiger partial charge in [0.15, 0.2) is 0 Å². The van der Waals surface area contributed by atoms with Crippen LogP contribution in [-0.2, 0) is 33.3 Å². The summed E-state index contributed by atoms with van der Waals surface area (Å²) in [7, 11) is 0. The standard InChI is InChI=1S/C22H27ClO9/c1-9(5-6-24)19(26)30-12-7-22(28,8-23)15-14(16-13(12)10(2)20(27)31-16)21(4)18(32-21)17(15)29-11(3)25/h5,12-18,24,28H,2,6-8H2,1,3-4H3/b9-5+/t12-,13-,14?,15?,16+,17+,18-,21+,22+/m1/s1. The van der Waals surface area contributed by atoms with E-state index in [0.29, 0.717) is 0 Å². The summed E-state index contributed by atoms with van der Waals surface area (Å²) in [6.45, 7) is 8.09. The highest BCUT2D eigenvalue weighted by Crippen LogP contribution is 2.65. The number of hydrogen-bond donors (Lipinski definition) is 2. The highest BCUT2D eigenvalue weighted by atomic mass is 35.5. The van der Waals surface area contributed by atoms with Gasteiger partial charge in [-0.3, -0.25) is 4.79 Å². The molecule has 2 aliphatic heterocycles. The van der Waals surface area contributed by atoms with Gasteiger partial charge in [0.05, 0.1) is 24.0 Å². The van der Waals surface area contributed by atoms with Gasteiger partial charge in [0.2, 0.25) is 0 Å². The molecule has 0 amide bonds. The fourth-order valence-electron chi connectivity index (χ4n) is 5.81. The van der Waals surface area contributed by atoms with Gasteiger partial charge in [0.25, 0.3) is 0 Å². The number of hydrogen-bond acceptors (Lipinski definition) is 9. The molecule has 176 valence electrons. The maximum Gasteiger partial charge on any atom is 0.334 e. The molecule has 9 atom stereocenters. The summed E-state index contributed by atoms with van der Waals surface area (Å²) in [5, 5.41) is 20.8. The molecule has 4 fully saturated rings. The third kappa shape index (κ3) is 3.37. The molecule has 0 radical (unpaired) electrons. The van der Waals surface area contributed by atoms with Crippen LogP contribution in [-0.4, -0.2) is 76.2 Å². The molecule has 2 aliphatic carbocycles. The third-order valence-electron chi connectivity index (χ3n) is 7.29. The lowest BCUT2D eigenvalue weighted by molar-refractivity contribution is -0.169. The normalized spacial score (nSPS) is 44.7. The van der Waals surface area contributed by atoms with Gasteiger partial charge < -0.3 is 29.2 Å². The van der Waals surface area contributed by atoms with E-state index in [0.717, 1.165) is 0 Å². The summed E-state index contributed by atoms with van der Waals surface area (Å²) in [6, 6.07) is 0. The molecule has 2 saturated carbocycles. The van der Waals surface area contributed by atoms with Crippen molar-refractivity contribution in [2.24, 2.45) is 17.8 Å². The van der Waals surface area contributed by atoms with E-state index in [9.17, 15) is 19.5 Å². The maximum absolute atomic E-state index is 12.6. The van der Waals surface area contributed by atoms with Crippen molar-refractivity contribution < 1.29 is 43.5 Å². The smallest absolute Gasteiger partial charge is 0.334 e. The van der Waals surface area contributed by atoms with Gasteiger partial charge in [-0.25, -0.2) is 9.59 Å². The van der Waals surface area contributed by atoms with E-state index in [-0.39, 0.29) is 30.1 Å². The number of halogens is 1. The minimum Gasteiger partial charge on any atom is -0.459 e. The predicted octanol–water partition coefficient (Wildman–Crippen LogP) is 0.643. The number of carbonyl (C=O) groups is 3. The van der Waals surface area contributed by atoms with Crippen LogP contribution in [0, 0.1) is 17.8 Å². The van der Waals surface area contributed by atoms with Gasteiger partial charge in [0, 0.05) is 36.3 Å². The Balaban J connectivity index is 1.78. The van der Waals surface area contributed by atoms with Crippen LogP contribution in [0.15, 0.2) is 23.8 Å². The van der Waals surface area contributed by atoms with Crippen LogP contribution in [0.25, 0.3) is 0 Å². The van der Waals surface area contributed by atoms with Crippen molar-refractivity contribution in [3.05, 3.63) is 23.8 Å². The van der Waals surface area contributed by atoms with Crippen LogP contribution in [0.1, 0.15) is 27.2 Å². The SMILES string of the molecule is C=C1C(=O)O[C@@H]2C3C([C@H](OC(C)=O)[C@H]4O[C@@]34C)[C@@](O)(CCl)C[C@@H](OC(=O)/C(C)=C/CO)[C@@H]12. The molecule has 9 nitrogen and oxygen atoms in total. The molecule has 0 aromatic heterocycles. The van der Waals surface area contributed by atoms with Crippen LogP contribution < -0.4 is 0 Å². The highest BCUT2D eigenvalue weighted by Gasteiger charge is 2.80. The number of aliphatic hydroxyl groups excluding tert-OH is 1. The molecule has 0 aromatic rings. The monoisotopic (exact) mass is 470 g/mol. The van der Waals surface area contributed by atoms with Crippen molar-refractivity contribution in [2.75, 3.05) is 12.5 Å². The number of fused-ring (bicyclic) bond motifs is 5. The molecular formula is C22H27ClO9. The molecule has 2 heterocycles. The first kappa shape index (κ1) is 23.2. The summed E-state index contributed by atoms with van der Waals surface area (Å²) >= 11 is 6.26. The zero-order valence-corrected chi connectivity index (χ0v) is 18.8. The highest BCUT2D eigenvalue weighted by molar-refractivity contribution is 6.18. The molecule has 0 aromatic carbocycles. The fraction of sp³-hybridized carbons (Fsp3) is 0.682. The summed E-state index contributed by atoms with van der Waals surface area (Å²) in [5.74, 6) is -4.10. The Morgan fingerprint density at radius 2 is 2.00 bits per heavy atom. The van der Waals surface area contributed by atoms with Gasteiger partial charge in [-0.15, -0.1) is 11.6 Å². The van der Waals surface area contributed by atoms with E-state index in [1.54, 1.807) is 0 Å². The number of ether oxygens (including phenoxy) is 4. The second-order valence-electron chi connectivity index (χ2n) is 9.22.